The Hall–Kier alpha value is -1.76. The molecule has 2 aromatic heterocycles. The summed E-state index contributed by atoms with van der Waals surface area (Å²) in [6.07, 6.45) is 1.89. The molecule has 3 aromatic rings. The minimum atomic E-state index is -0.282. The molecule has 3 heterocycles. The topological polar surface area (TPSA) is 38.3 Å². The molecule has 3 nitrogen and oxygen atoms in total. The van der Waals surface area contributed by atoms with Crippen LogP contribution in [0.3, 0.4) is 0 Å². The van der Waals surface area contributed by atoms with Gasteiger partial charge in [0.25, 0.3) is 5.91 Å². The van der Waals surface area contributed by atoms with E-state index in [0.717, 1.165) is 36.1 Å². The summed E-state index contributed by atoms with van der Waals surface area (Å²) in [6.45, 7) is 1.48. The highest BCUT2D eigenvalue weighted by Gasteiger charge is 2.28. The molecular weight excluding hydrogens is 357 g/mol. The molecule has 25 heavy (non-hydrogen) atoms. The van der Waals surface area contributed by atoms with Crippen LogP contribution in [-0.4, -0.2) is 19.1 Å². The zero-order valence-corrected chi connectivity index (χ0v) is 15.2. The summed E-state index contributed by atoms with van der Waals surface area (Å²) < 4.78 is 19.8. The van der Waals surface area contributed by atoms with Crippen molar-refractivity contribution in [3.63, 3.8) is 0 Å². The number of nitrogens with one attached hydrogen (secondary N) is 1. The van der Waals surface area contributed by atoms with Crippen LogP contribution in [0.5, 0.6) is 0 Å². The molecule has 130 valence electrons. The molecule has 0 radical (unpaired) electrons. The highest BCUT2D eigenvalue weighted by atomic mass is 32.1. The van der Waals surface area contributed by atoms with Crippen LogP contribution in [0.1, 0.15) is 33.4 Å². The van der Waals surface area contributed by atoms with E-state index < -0.39 is 0 Å². The summed E-state index contributed by atoms with van der Waals surface area (Å²) >= 11 is 3.07. The van der Waals surface area contributed by atoms with Gasteiger partial charge in [-0.15, -0.1) is 22.7 Å². The Balaban J connectivity index is 1.58. The summed E-state index contributed by atoms with van der Waals surface area (Å²) in [5.41, 5.74) is 0. The summed E-state index contributed by atoms with van der Waals surface area (Å²) in [5, 5.41) is 6.02. The lowest BCUT2D eigenvalue weighted by Crippen LogP contribution is -2.35. The van der Waals surface area contributed by atoms with E-state index in [2.05, 4.69) is 11.4 Å². The summed E-state index contributed by atoms with van der Waals surface area (Å²) in [7, 11) is 0. The molecule has 4 rings (SSSR count). The van der Waals surface area contributed by atoms with Gasteiger partial charge in [0.2, 0.25) is 0 Å². The molecule has 0 spiro atoms. The second-order valence-corrected chi connectivity index (χ2v) is 8.27. The molecule has 1 unspecified atom stereocenters. The van der Waals surface area contributed by atoms with Crippen LogP contribution in [0.4, 0.5) is 4.39 Å². The van der Waals surface area contributed by atoms with E-state index in [-0.39, 0.29) is 17.8 Å². The van der Waals surface area contributed by atoms with Crippen molar-refractivity contribution in [2.75, 3.05) is 13.2 Å². The molecule has 1 fully saturated rings. The van der Waals surface area contributed by atoms with Gasteiger partial charge in [-0.25, -0.2) is 4.39 Å². The van der Waals surface area contributed by atoms with Gasteiger partial charge in [-0.1, -0.05) is 6.07 Å². The monoisotopic (exact) mass is 375 g/mol. The summed E-state index contributed by atoms with van der Waals surface area (Å²) in [4.78, 5) is 14.6. The molecule has 1 aromatic carbocycles. The number of thiophene rings is 2. The van der Waals surface area contributed by atoms with Crippen LogP contribution in [0.25, 0.3) is 10.1 Å². The molecule has 1 aliphatic heterocycles. The third kappa shape index (κ3) is 3.61. The first-order chi connectivity index (χ1) is 12.2. The van der Waals surface area contributed by atoms with Crippen molar-refractivity contribution in [2.24, 2.45) is 5.92 Å². The Morgan fingerprint density at radius 3 is 2.84 bits per heavy atom. The molecular formula is C19H18FNO2S2. The van der Waals surface area contributed by atoms with Gasteiger partial charge in [0.15, 0.2) is 0 Å². The SMILES string of the molecule is O=C(NC(c1cccs1)C1CCOCC1)c1cc2cc(F)ccc2s1. The van der Waals surface area contributed by atoms with Crippen LogP contribution in [0.2, 0.25) is 0 Å². The largest absolute Gasteiger partial charge is 0.381 e. The van der Waals surface area contributed by atoms with Crippen molar-refractivity contribution in [1.82, 2.24) is 5.32 Å². The molecule has 1 aliphatic rings. The Kier molecular flexibility index (Phi) is 4.83. The minimum Gasteiger partial charge on any atom is -0.381 e. The Labute approximate surface area is 153 Å². The van der Waals surface area contributed by atoms with Crippen molar-refractivity contribution < 1.29 is 13.9 Å². The van der Waals surface area contributed by atoms with E-state index in [9.17, 15) is 9.18 Å². The number of amides is 1. The smallest absolute Gasteiger partial charge is 0.261 e. The van der Waals surface area contributed by atoms with Gasteiger partial charge in [0.05, 0.1) is 10.9 Å². The van der Waals surface area contributed by atoms with Gasteiger partial charge < -0.3 is 10.1 Å². The van der Waals surface area contributed by atoms with E-state index in [1.807, 2.05) is 11.4 Å². The number of fused-ring (bicyclic) bond motifs is 1. The third-order valence-corrected chi connectivity index (χ3v) is 6.65. The second-order valence-electron chi connectivity index (χ2n) is 6.21. The first-order valence-electron chi connectivity index (χ1n) is 8.32. The van der Waals surface area contributed by atoms with Crippen LogP contribution in [0.15, 0.2) is 41.8 Å². The van der Waals surface area contributed by atoms with Crippen LogP contribution >= 0.6 is 22.7 Å². The number of hydrogen-bond donors (Lipinski definition) is 1. The molecule has 1 amide bonds. The Morgan fingerprint density at radius 2 is 2.08 bits per heavy atom. The van der Waals surface area contributed by atoms with Crippen molar-refractivity contribution in [1.29, 1.82) is 0 Å². The van der Waals surface area contributed by atoms with Crippen LogP contribution < -0.4 is 5.32 Å². The maximum atomic E-state index is 13.4. The highest BCUT2D eigenvalue weighted by molar-refractivity contribution is 7.20. The van der Waals surface area contributed by atoms with E-state index in [0.29, 0.717) is 10.8 Å². The van der Waals surface area contributed by atoms with E-state index in [1.165, 1.54) is 28.3 Å². The molecule has 6 heteroatoms. The predicted octanol–water partition coefficient (Wildman–Crippen LogP) is 5.00. The van der Waals surface area contributed by atoms with Gasteiger partial charge in [-0.05, 0) is 59.9 Å². The van der Waals surface area contributed by atoms with Gasteiger partial charge in [0.1, 0.15) is 5.82 Å². The number of carbonyl (C=O) groups excluding carboxylic acids is 1. The molecule has 1 saturated heterocycles. The van der Waals surface area contributed by atoms with Gasteiger partial charge in [-0.3, -0.25) is 4.79 Å². The normalized spacial score (nSPS) is 16.8. The Bertz CT molecular complexity index is 869. The van der Waals surface area contributed by atoms with Crippen molar-refractivity contribution in [3.05, 3.63) is 57.3 Å². The highest BCUT2D eigenvalue weighted by Crippen LogP contribution is 2.34. The number of benzene rings is 1. The van der Waals surface area contributed by atoms with Gasteiger partial charge >= 0.3 is 0 Å². The lowest BCUT2D eigenvalue weighted by Gasteiger charge is -2.30. The van der Waals surface area contributed by atoms with E-state index >= 15 is 0 Å². The Morgan fingerprint density at radius 1 is 1.24 bits per heavy atom. The average molecular weight is 375 g/mol. The van der Waals surface area contributed by atoms with Gasteiger partial charge in [0, 0.05) is 22.8 Å². The number of rotatable bonds is 4. The number of hydrogen-bond acceptors (Lipinski definition) is 4. The fourth-order valence-corrected chi connectivity index (χ4v) is 5.09. The second kappa shape index (κ2) is 7.23. The minimum absolute atomic E-state index is 0.00153. The first kappa shape index (κ1) is 16.7. The van der Waals surface area contributed by atoms with E-state index in [4.69, 9.17) is 4.74 Å². The van der Waals surface area contributed by atoms with Crippen molar-refractivity contribution in [3.8, 4) is 0 Å². The lowest BCUT2D eigenvalue weighted by atomic mass is 9.90. The maximum absolute atomic E-state index is 13.4. The number of ether oxygens (including phenoxy) is 1. The van der Waals surface area contributed by atoms with E-state index in [1.54, 1.807) is 23.5 Å². The average Bonchev–Trinajstić information content (AvgIpc) is 3.29. The summed E-state index contributed by atoms with van der Waals surface area (Å²) in [6, 6.07) is 10.5. The van der Waals surface area contributed by atoms with Gasteiger partial charge in [-0.2, -0.15) is 0 Å². The molecule has 1 atom stereocenters. The zero-order valence-electron chi connectivity index (χ0n) is 13.5. The fourth-order valence-electron chi connectivity index (χ4n) is 3.28. The van der Waals surface area contributed by atoms with Crippen molar-refractivity contribution >= 4 is 38.7 Å². The lowest BCUT2D eigenvalue weighted by molar-refractivity contribution is 0.0519. The predicted molar refractivity (Wildman–Crippen MR) is 99.9 cm³/mol. The zero-order chi connectivity index (χ0) is 17.2. The number of carbonyl (C=O) groups is 1. The third-order valence-electron chi connectivity index (χ3n) is 4.58. The van der Waals surface area contributed by atoms with Crippen LogP contribution in [-0.2, 0) is 4.74 Å². The van der Waals surface area contributed by atoms with Crippen LogP contribution in [0, 0.1) is 11.7 Å². The first-order valence-corrected chi connectivity index (χ1v) is 10.0. The number of halogens is 1. The standard InChI is InChI=1S/C19H18FNO2S2/c20-14-3-4-15-13(10-14)11-17(25-15)19(22)21-18(16-2-1-9-24-16)12-5-7-23-8-6-12/h1-4,9-12,18H,5-8H2,(H,21,22). The van der Waals surface area contributed by atoms with Crippen molar-refractivity contribution in [2.45, 2.75) is 18.9 Å². The maximum Gasteiger partial charge on any atom is 0.261 e. The molecule has 1 N–H and O–H groups in total. The molecule has 0 saturated carbocycles. The fraction of sp³-hybridized carbons (Fsp3) is 0.316. The quantitative estimate of drug-likeness (QED) is 0.697. The summed E-state index contributed by atoms with van der Waals surface area (Å²) in [5.74, 6) is 0.00518. The molecule has 0 aliphatic carbocycles. The molecule has 0 bridgehead atoms.